The van der Waals surface area contributed by atoms with Gasteiger partial charge in [-0.2, -0.15) is 0 Å². The number of carbonyl (C=O) groups excluding carboxylic acids is 2. The Kier molecular flexibility index (Phi) is 8.38. The molecular formula is C23H29N3O5S. The number of unbranched alkanes of at least 4 members (excludes halogenated alkanes) is 1. The summed E-state index contributed by atoms with van der Waals surface area (Å²) in [6.07, 6.45) is 3.95. The van der Waals surface area contributed by atoms with Crippen LogP contribution in [0.25, 0.3) is 0 Å². The van der Waals surface area contributed by atoms with Gasteiger partial charge in [0.05, 0.1) is 11.0 Å². The fourth-order valence-corrected chi connectivity index (χ4v) is 4.34. The molecule has 1 atom stereocenters. The molecule has 2 amide bonds. The van der Waals surface area contributed by atoms with Crippen LogP contribution in [-0.2, 0) is 19.6 Å². The molecule has 2 aromatic rings. The van der Waals surface area contributed by atoms with Crippen LogP contribution in [0.2, 0.25) is 0 Å². The molecule has 8 nitrogen and oxygen atoms in total. The summed E-state index contributed by atoms with van der Waals surface area (Å²) in [4.78, 5) is 24.4. The van der Waals surface area contributed by atoms with Gasteiger partial charge in [-0.3, -0.25) is 9.59 Å². The zero-order valence-electron chi connectivity index (χ0n) is 18.1. The Bertz CT molecular complexity index is 1010. The van der Waals surface area contributed by atoms with E-state index >= 15 is 0 Å². The summed E-state index contributed by atoms with van der Waals surface area (Å²) in [5.41, 5.74) is 1.53. The second kappa shape index (κ2) is 11.2. The molecule has 0 bridgehead atoms. The average Bonchev–Trinajstić information content (AvgIpc) is 3.31. The van der Waals surface area contributed by atoms with Gasteiger partial charge in [-0.15, -0.1) is 0 Å². The highest BCUT2D eigenvalue weighted by atomic mass is 32.2. The van der Waals surface area contributed by atoms with Crippen molar-refractivity contribution in [3.63, 3.8) is 0 Å². The molecule has 32 heavy (non-hydrogen) atoms. The van der Waals surface area contributed by atoms with Gasteiger partial charge < -0.3 is 15.4 Å². The van der Waals surface area contributed by atoms with Crippen LogP contribution in [0.4, 0.5) is 11.4 Å². The van der Waals surface area contributed by atoms with E-state index in [4.69, 9.17) is 4.74 Å². The lowest BCUT2D eigenvalue weighted by Gasteiger charge is -2.12. The van der Waals surface area contributed by atoms with Crippen molar-refractivity contribution in [2.75, 3.05) is 23.8 Å². The second-order valence-corrected chi connectivity index (χ2v) is 9.46. The number of carbonyl (C=O) groups is 2. The molecule has 1 fully saturated rings. The molecule has 1 heterocycles. The smallest absolute Gasteiger partial charge is 0.255 e. The summed E-state index contributed by atoms with van der Waals surface area (Å²) in [7, 11) is -3.64. The normalized spacial score (nSPS) is 16.0. The first-order chi connectivity index (χ1) is 15.4. The molecule has 3 N–H and O–H groups in total. The zero-order valence-corrected chi connectivity index (χ0v) is 18.9. The number of ether oxygens (including phenoxy) is 1. The molecule has 9 heteroatoms. The standard InChI is InChI=1S/C23H29N3O5S/c1-2-3-6-22(27)25-18-9-7-17(8-10-18)23(28)26-19-11-13-21(14-12-19)32(29,30)24-16-20-5-4-15-31-20/h7-14,20,24H,2-6,15-16H2,1H3,(H,25,27)(H,26,28). The highest BCUT2D eigenvalue weighted by Crippen LogP contribution is 2.17. The zero-order chi connectivity index (χ0) is 23.0. The summed E-state index contributed by atoms with van der Waals surface area (Å²) < 4.78 is 32.9. The Morgan fingerprint density at radius 2 is 1.66 bits per heavy atom. The Hall–Kier alpha value is -2.75. The van der Waals surface area contributed by atoms with Gasteiger partial charge in [0, 0.05) is 36.5 Å². The van der Waals surface area contributed by atoms with Crippen LogP contribution < -0.4 is 15.4 Å². The summed E-state index contributed by atoms with van der Waals surface area (Å²) in [6.45, 7) is 2.93. The van der Waals surface area contributed by atoms with Gasteiger partial charge in [0.15, 0.2) is 0 Å². The van der Waals surface area contributed by atoms with E-state index in [1.165, 1.54) is 12.1 Å². The molecule has 0 aliphatic carbocycles. The molecular weight excluding hydrogens is 430 g/mol. The molecule has 3 rings (SSSR count). The topological polar surface area (TPSA) is 114 Å². The average molecular weight is 460 g/mol. The fraction of sp³-hybridized carbons (Fsp3) is 0.391. The lowest BCUT2D eigenvalue weighted by atomic mass is 10.1. The number of anilines is 2. The minimum absolute atomic E-state index is 0.0515. The van der Waals surface area contributed by atoms with E-state index in [0.717, 1.165) is 25.7 Å². The summed E-state index contributed by atoms with van der Waals surface area (Å²) in [5.74, 6) is -0.384. The fourth-order valence-electron chi connectivity index (χ4n) is 3.28. The van der Waals surface area contributed by atoms with E-state index < -0.39 is 10.0 Å². The van der Waals surface area contributed by atoms with Gasteiger partial charge >= 0.3 is 0 Å². The SMILES string of the molecule is CCCCC(=O)Nc1ccc(C(=O)Nc2ccc(S(=O)(=O)NCC3CCCO3)cc2)cc1. The van der Waals surface area contributed by atoms with Crippen LogP contribution in [-0.4, -0.2) is 39.5 Å². The van der Waals surface area contributed by atoms with Crippen LogP contribution in [0, 0.1) is 0 Å². The van der Waals surface area contributed by atoms with Crippen LogP contribution in [0.5, 0.6) is 0 Å². The molecule has 1 aliphatic rings. The number of amides is 2. The molecule has 172 valence electrons. The van der Waals surface area contributed by atoms with Gasteiger partial charge in [-0.25, -0.2) is 13.1 Å². The van der Waals surface area contributed by atoms with Gasteiger partial charge in [0.1, 0.15) is 0 Å². The van der Waals surface area contributed by atoms with E-state index in [9.17, 15) is 18.0 Å². The largest absolute Gasteiger partial charge is 0.377 e. The summed E-state index contributed by atoms with van der Waals surface area (Å²) >= 11 is 0. The van der Waals surface area contributed by atoms with E-state index in [-0.39, 0.29) is 29.4 Å². The summed E-state index contributed by atoms with van der Waals surface area (Å²) in [5, 5.41) is 5.54. The first-order valence-corrected chi connectivity index (χ1v) is 12.3. The van der Waals surface area contributed by atoms with Crippen LogP contribution in [0.15, 0.2) is 53.4 Å². The maximum atomic E-state index is 12.5. The van der Waals surface area contributed by atoms with Gasteiger partial charge in [-0.05, 0) is 67.8 Å². The Labute approximate surface area is 188 Å². The number of nitrogens with one attached hydrogen (secondary N) is 3. The van der Waals surface area contributed by atoms with E-state index in [2.05, 4.69) is 15.4 Å². The third-order valence-corrected chi connectivity index (χ3v) is 6.58. The second-order valence-electron chi connectivity index (χ2n) is 7.69. The van der Waals surface area contributed by atoms with Crippen molar-refractivity contribution in [3.8, 4) is 0 Å². The molecule has 0 radical (unpaired) electrons. The van der Waals surface area contributed by atoms with E-state index in [0.29, 0.717) is 30.0 Å². The number of rotatable bonds is 10. The predicted molar refractivity (Wildman–Crippen MR) is 123 cm³/mol. The molecule has 1 aliphatic heterocycles. The number of sulfonamides is 1. The summed E-state index contributed by atoms with van der Waals surface area (Å²) in [6, 6.07) is 12.6. The van der Waals surface area contributed by atoms with Crippen molar-refractivity contribution in [3.05, 3.63) is 54.1 Å². The highest BCUT2D eigenvalue weighted by molar-refractivity contribution is 7.89. The van der Waals surface area contributed by atoms with Crippen molar-refractivity contribution >= 4 is 33.2 Å². The Morgan fingerprint density at radius 3 is 2.28 bits per heavy atom. The molecule has 1 unspecified atom stereocenters. The number of hydrogen-bond donors (Lipinski definition) is 3. The van der Waals surface area contributed by atoms with Gasteiger partial charge in [0.2, 0.25) is 15.9 Å². The quantitative estimate of drug-likeness (QED) is 0.503. The van der Waals surface area contributed by atoms with E-state index in [1.54, 1.807) is 36.4 Å². The highest BCUT2D eigenvalue weighted by Gasteiger charge is 2.20. The maximum Gasteiger partial charge on any atom is 0.255 e. The van der Waals surface area contributed by atoms with Gasteiger partial charge in [0.25, 0.3) is 5.91 Å². The predicted octanol–water partition coefficient (Wildman–Crippen LogP) is 3.52. The third-order valence-electron chi connectivity index (χ3n) is 5.14. The Morgan fingerprint density at radius 1 is 1.00 bits per heavy atom. The molecule has 0 spiro atoms. The third kappa shape index (κ3) is 6.88. The van der Waals surface area contributed by atoms with Crippen molar-refractivity contribution in [1.82, 2.24) is 4.72 Å². The minimum Gasteiger partial charge on any atom is -0.377 e. The molecule has 0 saturated carbocycles. The first kappa shape index (κ1) is 23.9. The van der Waals surface area contributed by atoms with Crippen molar-refractivity contribution < 1.29 is 22.7 Å². The molecule has 2 aromatic carbocycles. The number of benzene rings is 2. The molecule has 0 aromatic heterocycles. The van der Waals surface area contributed by atoms with Crippen molar-refractivity contribution in [1.29, 1.82) is 0 Å². The monoisotopic (exact) mass is 459 g/mol. The van der Waals surface area contributed by atoms with Crippen LogP contribution >= 0.6 is 0 Å². The van der Waals surface area contributed by atoms with Crippen LogP contribution in [0.1, 0.15) is 49.4 Å². The van der Waals surface area contributed by atoms with Crippen molar-refractivity contribution in [2.24, 2.45) is 0 Å². The minimum atomic E-state index is -3.64. The Balaban J connectivity index is 1.54. The number of hydrogen-bond acceptors (Lipinski definition) is 5. The van der Waals surface area contributed by atoms with Crippen LogP contribution in [0.3, 0.4) is 0 Å². The first-order valence-electron chi connectivity index (χ1n) is 10.8. The lowest BCUT2D eigenvalue weighted by molar-refractivity contribution is -0.116. The maximum absolute atomic E-state index is 12.5. The van der Waals surface area contributed by atoms with E-state index in [1.807, 2.05) is 6.92 Å². The lowest BCUT2D eigenvalue weighted by Crippen LogP contribution is -2.31. The van der Waals surface area contributed by atoms with Gasteiger partial charge in [-0.1, -0.05) is 13.3 Å². The van der Waals surface area contributed by atoms with Crippen molar-refractivity contribution in [2.45, 2.75) is 50.0 Å². The molecule has 1 saturated heterocycles.